The number of esters is 1. The van der Waals surface area contributed by atoms with Crippen molar-refractivity contribution in [2.45, 2.75) is 32.0 Å². The number of hydrogen-bond acceptors (Lipinski definition) is 5. The lowest BCUT2D eigenvalue weighted by molar-refractivity contribution is -0.274. The minimum atomic E-state index is -4.73. The fraction of sp³-hybridized carbons (Fsp3) is 0.429. The molecule has 1 amide bonds. The van der Waals surface area contributed by atoms with Crippen LogP contribution in [0.5, 0.6) is 5.75 Å². The maximum atomic E-state index is 12.4. The van der Waals surface area contributed by atoms with Crippen molar-refractivity contribution >= 4 is 23.2 Å². The van der Waals surface area contributed by atoms with Crippen molar-refractivity contribution in [3.63, 3.8) is 0 Å². The van der Waals surface area contributed by atoms with Crippen LogP contribution in [-0.4, -0.2) is 31.9 Å². The molecule has 1 aromatic heterocycles. The summed E-state index contributed by atoms with van der Waals surface area (Å²) in [4.78, 5) is 24.5. The summed E-state index contributed by atoms with van der Waals surface area (Å²) in [7, 11) is 1.40. The standard InChI is InChI=1S/C21H22F3NO4S/c1-28-20(27)15-4-2-13(3-5-15)11-25-19(26)18-10-16(12-30-18)14-6-8-17(9-7-14)29-21(22,23)24/h6-10,12-13,15H,2-5,11H2,1H3,(H,25,26)/t13-,15-. The van der Waals surface area contributed by atoms with Crippen LogP contribution in [0.3, 0.4) is 0 Å². The van der Waals surface area contributed by atoms with Gasteiger partial charge in [0, 0.05) is 6.54 Å². The number of halogens is 3. The Kier molecular flexibility index (Phi) is 7.02. The highest BCUT2D eigenvalue weighted by Crippen LogP contribution is 2.31. The molecule has 0 atom stereocenters. The normalized spacial score (nSPS) is 19.2. The van der Waals surface area contributed by atoms with Gasteiger partial charge >= 0.3 is 12.3 Å². The highest BCUT2D eigenvalue weighted by atomic mass is 32.1. The molecule has 0 saturated heterocycles. The van der Waals surface area contributed by atoms with Gasteiger partial charge in [-0.25, -0.2) is 0 Å². The zero-order chi connectivity index (χ0) is 21.7. The van der Waals surface area contributed by atoms with E-state index in [1.54, 1.807) is 11.4 Å². The minimum absolute atomic E-state index is 0.0466. The zero-order valence-electron chi connectivity index (χ0n) is 16.3. The van der Waals surface area contributed by atoms with Crippen molar-refractivity contribution in [2.75, 3.05) is 13.7 Å². The second kappa shape index (κ2) is 9.51. The second-order valence-electron chi connectivity index (χ2n) is 7.22. The number of thiophene rings is 1. The number of hydrogen-bond donors (Lipinski definition) is 1. The van der Waals surface area contributed by atoms with Crippen LogP contribution in [0.4, 0.5) is 13.2 Å². The van der Waals surface area contributed by atoms with Gasteiger partial charge in [-0.05, 0) is 66.3 Å². The molecular weight excluding hydrogens is 419 g/mol. The van der Waals surface area contributed by atoms with Crippen molar-refractivity contribution < 1.29 is 32.2 Å². The molecule has 0 aliphatic heterocycles. The quantitative estimate of drug-likeness (QED) is 0.639. The van der Waals surface area contributed by atoms with Gasteiger partial charge in [0.1, 0.15) is 5.75 Å². The summed E-state index contributed by atoms with van der Waals surface area (Å²) in [5, 5.41) is 4.72. The van der Waals surface area contributed by atoms with Crippen molar-refractivity contribution in [1.82, 2.24) is 5.32 Å². The topological polar surface area (TPSA) is 64.6 Å². The van der Waals surface area contributed by atoms with Gasteiger partial charge < -0.3 is 14.8 Å². The van der Waals surface area contributed by atoms with Gasteiger partial charge in [0.25, 0.3) is 5.91 Å². The fourth-order valence-corrected chi connectivity index (χ4v) is 4.38. The number of methoxy groups -OCH3 is 1. The predicted molar refractivity (Wildman–Crippen MR) is 106 cm³/mol. The molecular formula is C21H22F3NO4S. The fourth-order valence-electron chi connectivity index (χ4n) is 3.55. The number of alkyl halides is 3. The molecule has 5 nitrogen and oxygen atoms in total. The lowest BCUT2D eigenvalue weighted by atomic mass is 9.82. The van der Waals surface area contributed by atoms with Gasteiger partial charge in [-0.1, -0.05) is 12.1 Å². The molecule has 1 saturated carbocycles. The number of amides is 1. The summed E-state index contributed by atoms with van der Waals surface area (Å²) in [6.07, 6.45) is -1.47. The average molecular weight is 441 g/mol. The van der Waals surface area contributed by atoms with Gasteiger partial charge in [0.15, 0.2) is 0 Å². The third-order valence-electron chi connectivity index (χ3n) is 5.18. The third-order valence-corrected chi connectivity index (χ3v) is 6.11. The molecule has 2 aromatic rings. The first kappa shape index (κ1) is 22.1. The highest BCUT2D eigenvalue weighted by molar-refractivity contribution is 7.12. The molecule has 1 aliphatic rings. The van der Waals surface area contributed by atoms with E-state index in [0.717, 1.165) is 31.2 Å². The van der Waals surface area contributed by atoms with Crippen LogP contribution in [0.15, 0.2) is 35.7 Å². The summed E-state index contributed by atoms with van der Waals surface area (Å²) in [5.74, 6) is -0.355. The van der Waals surface area contributed by atoms with E-state index in [-0.39, 0.29) is 23.5 Å². The number of carbonyl (C=O) groups excluding carboxylic acids is 2. The minimum Gasteiger partial charge on any atom is -0.469 e. The van der Waals surface area contributed by atoms with E-state index in [2.05, 4.69) is 10.1 Å². The van der Waals surface area contributed by atoms with E-state index in [1.807, 2.05) is 0 Å². The highest BCUT2D eigenvalue weighted by Gasteiger charge is 2.31. The molecule has 1 aliphatic carbocycles. The molecule has 1 N–H and O–H groups in total. The van der Waals surface area contributed by atoms with Crippen LogP contribution < -0.4 is 10.1 Å². The van der Waals surface area contributed by atoms with Crippen molar-refractivity contribution in [3.05, 3.63) is 40.6 Å². The maximum absolute atomic E-state index is 12.4. The van der Waals surface area contributed by atoms with Gasteiger partial charge in [-0.3, -0.25) is 9.59 Å². The maximum Gasteiger partial charge on any atom is 0.573 e. The Morgan fingerprint density at radius 3 is 2.37 bits per heavy atom. The molecule has 9 heteroatoms. The first-order valence-electron chi connectivity index (χ1n) is 9.56. The number of ether oxygens (including phenoxy) is 2. The summed E-state index contributed by atoms with van der Waals surface area (Å²) < 4.78 is 45.4. The Balaban J connectivity index is 1.51. The van der Waals surface area contributed by atoms with Crippen molar-refractivity contribution in [1.29, 1.82) is 0 Å². The Bertz CT molecular complexity index is 871. The Hall–Kier alpha value is -2.55. The summed E-state index contributed by atoms with van der Waals surface area (Å²) in [6, 6.07) is 7.23. The molecule has 1 aromatic carbocycles. The van der Waals surface area contributed by atoms with Crippen molar-refractivity contribution in [3.8, 4) is 16.9 Å². The molecule has 30 heavy (non-hydrogen) atoms. The first-order valence-corrected chi connectivity index (χ1v) is 10.4. The zero-order valence-corrected chi connectivity index (χ0v) is 17.1. The van der Waals surface area contributed by atoms with E-state index in [1.165, 1.54) is 42.7 Å². The molecule has 1 heterocycles. The number of rotatable bonds is 6. The SMILES string of the molecule is COC(=O)[C@H]1CC[C@H](CNC(=O)c2cc(-c3ccc(OC(F)(F)F)cc3)cs2)CC1. The van der Waals surface area contributed by atoms with Gasteiger partial charge in [0.2, 0.25) is 0 Å². The van der Waals surface area contributed by atoms with E-state index in [9.17, 15) is 22.8 Å². The molecule has 162 valence electrons. The van der Waals surface area contributed by atoms with Crippen LogP contribution in [0, 0.1) is 11.8 Å². The van der Waals surface area contributed by atoms with Crippen LogP contribution in [0.1, 0.15) is 35.4 Å². The molecule has 0 spiro atoms. The van der Waals surface area contributed by atoms with Crippen LogP contribution in [0.2, 0.25) is 0 Å². The van der Waals surface area contributed by atoms with Crippen LogP contribution in [0.25, 0.3) is 11.1 Å². The molecule has 1 fully saturated rings. The Morgan fingerprint density at radius 2 is 1.77 bits per heavy atom. The monoisotopic (exact) mass is 441 g/mol. The molecule has 0 unspecified atom stereocenters. The van der Waals surface area contributed by atoms with Gasteiger partial charge in [-0.15, -0.1) is 24.5 Å². The number of carbonyl (C=O) groups is 2. The number of nitrogens with one attached hydrogen (secondary N) is 1. The number of benzene rings is 1. The van der Waals surface area contributed by atoms with Crippen LogP contribution >= 0.6 is 11.3 Å². The predicted octanol–water partition coefficient (Wildman–Crippen LogP) is 5.02. The second-order valence-corrected chi connectivity index (χ2v) is 8.13. The lowest BCUT2D eigenvalue weighted by Gasteiger charge is -2.26. The summed E-state index contributed by atoms with van der Waals surface area (Å²) >= 11 is 1.28. The summed E-state index contributed by atoms with van der Waals surface area (Å²) in [6.45, 7) is 0.545. The largest absolute Gasteiger partial charge is 0.573 e. The van der Waals surface area contributed by atoms with Crippen LogP contribution in [-0.2, 0) is 9.53 Å². The van der Waals surface area contributed by atoms with E-state index in [0.29, 0.717) is 22.9 Å². The summed E-state index contributed by atoms with van der Waals surface area (Å²) in [5.41, 5.74) is 1.45. The van der Waals surface area contributed by atoms with E-state index >= 15 is 0 Å². The molecule has 0 radical (unpaired) electrons. The molecule has 0 bridgehead atoms. The lowest BCUT2D eigenvalue weighted by Crippen LogP contribution is -2.32. The van der Waals surface area contributed by atoms with Gasteiger partial charge in [-0.2, -0.15) is 0 Å². The first-order chi connectivity index (χ1) is 14.2. The van der Waals surface area contributed by atoms with E-state index < -0.39 is 6.36 Å². The average Bonchev–Trinajstić information content (AvgIpc) is 3.21. The van der Waals surface area contributed by atoms with Gasteiger partial charge in [0.05, 0.1) is 17.9 Å². The smallest absolute Gasteiger partial charge is 0.469 e. The Labute approximate surface area is 176 Å². The Morgan fingerprint density at radius 1 is 1.10 bits per heavy atom. The third kappa shape index (κ3) is 5.98. The molecule has 3 rings (SSSR count). The van der Waals surface area contributed by atoms with Crippen molar-refractivity contribution in [2.24, 2.45) is 11.8 Å². The van der Waals surface area contributed by atoms with E-state index in [4.69, 9.17) is 4.74 Å².